The van der Waals surface area contributed by atoms with Gasteiger partial charge in [0.25, 0.3) is 0 Å². The van der Waals surface area contributed by atoms with Gasteiger partial charge >= 0.3 is 5.97 Å². The van der Waals surface area contributed by atoms with E-state index in [4.69, 9.17) is 16.7 Å². The van der Waals surface area contributed by atoms with Crippen molar-refractivity contribution < 1.29 is 19.1 Å². The highest BCUT2D eigenvalue weighted by Gasteiger charge is 2.14. The number of rotatable bonds is 7. The molecule has 3 N–H and O–H groups in total. The maximum absolute atomic E-state index is 13.5. The highest BCUT2D eigenvalue weighted by atomic mass is 35.5. The minimum atomic E-state index is -1.06. The summed E-state index contributed by atoms with van der Waals surface area (Å²) in [5.74, 6) is -0.964. The van der Waals surface area contributed by atoms with Crippen LogP contribution in [-0.2, 0) is 9.59 Å². The molecule has 0 aliphatic carbocycles. The predicted octanol–water partition coefficient (Wildman–Crippen LogP) is 4.92. The van der Waals surface area contributed by atoms with Gasteiger partial charge in [0.1, 0.15) is 5.82 Å². The van der Waals surface area contributed by atoms with E-state index in [9.17, 15) is 14.0 Å². The maximum Gasteiger partial charge on any atom is 0.328 e. The molecule has 0 saturated carbocycles. The zero-order valence-corrected chi connectivity index (χ0v) is 19.0. The molecule has 0 aliphatic heterocycles. The van der Waals surface area contributed by atoms with E-state index >= 15 is 0 Å². The van der Waals surface area contributed by atoms with Crippen molar-refractivity contribution in [2.75, 3.05) is 10.6 Å². The van der Waals surface area contributed by atoms with E-state index in [1.165, 1.54) is 35.9 Å². The second-order valence-corrected chi connectivity index (χ2v) is 7.72. The largest absolute Gasteiger partial charge is 0.478 e. The Bertz CT molecular complexity index is 1450. The first-order valence-corrected chi connectivity index (χ1v) is 10.6. The average molecular weight is 493 g/mol. The topological polar surface area (TPSA) is 122 Å². The first-order valence-electron chi connectivity index (χ1n) is 10.2. The molecule has 0 saturated heterocycles. The van der Waals surface area contributed by atoms with Crippen molar-refractivity contribution in [1.29, 1.82) is 0 Å². The van der Waals surface area contributed by atoms with Crippen LogP contribution in [0.25, 0.3) is 23.0 Å². The van der Waals surface area contributed by atoms with Crippen LogP contribution in [0.4, 0.5) is 21.8 Å². The molecule has 2 aromatic heterocycles. The number of anilines is 3. The average Bonchev–Trinajstić information content (AvgIpc) is 3.28. The summed E-state index contributed by atoms with van der Waals surface area (Å²) in [6.07, 6.45) is 5.73. The van der Waals surface area contributed by atoms with Crippen LogP contribution in [0.2, 0.25) is 5.02 Å². The third kappa shape index (κ3) is 5.87. The lowest BCUT2D eigenvalue weighted by molar-refractivity contribution is -0.131. The monoisotopic (exact) mass is 492 g/mol. The normalized spacial score (nSPS) is 10.9. The molecule has 176 valence electrons. The van der Waals surface area contributed by atoms with Crippen LogP contribution in [0.15, 0.2) is 67.0 Å². The molecule has 1 amide bonds. The van der Waals surface area contributed by atoms with E-state index in [2.05, 4.69) is 25.7 Å². The van der Waals surface area contributed by atoms with Gasteiger partial charge in [-0.3, -0.25) is 4.79 Å². The zero-order chi connectivity index (χ0) is 24.9. The SMILES string of the molecule is CC(=O)Nc1ccn(-c2nc(Nc3ccc(F)c(Cl)c3)ncc2-c2cccc(C=CC(=O)O)c2)n1. The summed E-state index contributed by atoms with van der Waals surface area (Å²) in [5.41, 5.74) is 2.45. The second kappa shape index (κ2) is 10.1. The molecule has 0 spiro atoms. The summed E-state index contributed by atoms with van der Waals surface area (Å²) in [6.45, 7) is 1.38. The Balaban J connectivity index is 1.77. The number of aromatic nitrogens is 4. The quantitative estimate of drug-likeness (QED) is 0.313. The summed E-state index contributed by atoms with van der Waals surface area (Å²) in [6, 6.07) is 12.9. The van der Waals surface area contributed by atoms with Crippen LogP contribution in [0.1, 0.15) is 12.5 Å². The van der Waals surface area contributed by atoms with Gasteiger partial charge in [-0.15, -0.1) is 5.10 Å². The number of carbonyl (C=O) groups excluding carboxylic acids is 1. The van der Waals surface area contributed by atoms with E-state index in [0.717, 1.165) is 6.08 Å². The van der Waals surface area contributed by atoms with Crippen LogP contribution in [-0.4, -0.2) is 36.7 Å². The number of carboxylic acid groups (broad SMARTS) is 1. The number of nitrogens with one attached hydrogen (secondary N) is 2. The van der Waals surface area contributed by atoms with Gasteiger partial charge in [-0.1, -0.05) is 29.8 Å². The highest BCUT2D eigenvalue weighted by Crippen LogP contribution is 2.28. The molecule has 4 aromatic rings. The molecule has 35 heavy (non-hydrogen) atoms. The summed E-state index contributed by atoms with van der Waals surface area (Å²) in [5, 5.41) is 18.8. The standard InChI is InChI=1S/C24H18ClFN6O3/c1-14(33)28-21-9-10-32(31-21)23-18(16-4-2-3-15(11-16)5-8-22(34)35)13-27-24(30-23)29-17-6-7-20(26)19(25)12-17/h2-13H,1H3,(H,34,35)(H,27,29,30)(H,28,31,33). The Morgan fingerprint density at radius 2 is 2.00 bits per heavy atom. The first-order chi connectivity index (χ1) is 16.8. The Kier molecular flexibility index (Phi) is 6.83. The van der Waals surface area contributed by atoms with Crippen LogP contribution >= 0.6 is 11.6 Å². The van der Waals surface area contributed by atoms with Crippen molar-refractivity contribution >= 4 is 47.0 Å². The van der Waals surface area contributed by atoms with Crippen molar-refractivity contribution in [3.8, 4) is 16.9 Å². The molecule has 2 aromatic carbocycles. The number of hydrogen-bond donors (Lipinski definition) is 3. The van der Waals surface area contributed by atoms with Gasteiger partial charge in [0.15, 0.2) is 11.6 Å². The molecule has 4 rings (SSSR count). The number of carboxylic acids is 1. The Morgan fingerprint density at radius 3 is 2.74 bits per heavy atom. The molecule has 0 bridgehead atoms. The lowest BCUT2D eigenvalue weighted by atomic mass is 10.0. The van der Waals surface area contributed by atoms with Gasteiger partial charge in [0.2, 0.25) is 11.9 Å². The molecule has 9 nitrogen and oxygen atoms in total. The fourth-order valence-electron chi connectivity index (χ4n) is 3.18. The Labute approximate surface area is 203 Å². The fraction of sp³-hybridized carbons (Fsp3) is 0.0417. The summed E-state index contributed by atoms with van der Waals surface area (Å²) < 4.78 is 15.0. The molecular formula is C24H18ClFN6O3. The van der Waals surface area contributed by atoms with Crippen LogP contribution < -0.4 is 10.6 Å². The molecule has 0 fully saturated rings. The smallest absolute Gasteiger partial charge is 0.328 e. The van der Waals surface area contributed by atoms with Crippen LogP contribution in [0.5, 0.6) is 0 Å². The minimum absolute atomic E-state index is 0.0508. The van der Waals surface area contributed by atoms with E-state index < -0.39 is 11.8 Å². The van der Waals surface area contributed by atoms with Gasteiger partial charge in [0.05, 0.1) is 5.02 Å². The number of aliphatic carboxylic acids is 1. The molecular weight excluding hydrogens is 475 g/mol. The van der Waals surface area contributed by atoms with Crippen molar-refractivity contribution in [2.45, 2.75) is 6.92 Å². The summed E-state index contributed by atoms with van der Waals surface area (Å²) in [4.78, 5) is 31.3. The first kappa shape index (κ1) is 23.6. The van der Waals surface area contributed by atoms with Crippen LogP contribution in [0, 0.1) is 5.82 Å². The Morgan fingerprint density at radius 1 is 1.17 bits per heavy atom. The van der Waals surface area contributed by atoms with E-state index in [1.807, 2.05) is 6.07 Å². The number of halogens is 2. The van der Waals surface area contributed by atoms with Crippen molar-refractivity contribution in [3.63, 3.8) is 0 Å². The van der Waals surface area contributed by atoms with E-state index in [1.54, 1.807) is 36.7 Å². The third-order valence-corrected chi connectivity index (χ3v) is 4.96. The molecule has 0 radical (unpaired) electrons. The molecule has 11 heteroatoms. The number of amides is 1. The van der Waals surface area contributed by atoms with E-state index in [-0.39, 0.29) is 16.9 Å². The summed E-state index contributed by atoms with van der Waals surface area (Å²) >= 11 is 5.87. The van der Waals surface area contributed by atoms with Crippen LogP contribution in [0.3, 0.4) is 0 Å². The van der Waals surface area contributed by atoms with Crippen molar-refractivity contribution in [1.82, 2.24) is 19.7 Å². The Hall–Kier alpha value is -4.57. The fourth-order valence-corrected chi connectivity index (χ4v) is 3.36. The lowest BCUT2D eigenvalue weighted by Crippen LogP contribution is -2.09. The number of carbonyl (C=O) groups is 2. The second-order valence-electron chi connectivity index (χ2n) is 7.31. The number of hydrogen-bond acceptors (Lipinski definition) is 6. The molecule has 0 aliphatic rings. The molecule has 2 heterocycles. The molecule has 0 unspecified atom stereocenters. The number of benzene rings is 2. The zero-order valence-electron chi connectivity index (χ0n) is 18.2. The maximum atomic E-state index is 13.5. The van der Waals surface area contributed by atoms with Gasteiger partial charge in [-0.25, -0.2) is 18.9 Å². The third-order valence-electron chi connectivity index (χ3n) is 4.67. The van der Waals surface area contributed by atoms with Gasteiger partial charge < -0.3 is 15.7 Å². The summed E-state index contributed by atoms with van der Waals surface area (Å²) in [7, 11) is 0. The highest BCUT2D eigenvalue weighted by molar-refractivity contribution is 6.31. The van der Waals surface area contributed by atoms with Gasteiger partial charge in [0, 0.05) is 42.7 Å². The van der Waals surface area contributed by atoms with Crippen molar-refractivity contribution in [3.05, 3.63) is 83.4 Å². The van der Waals surface area contributed by atoms with Gasteiger partial charge in [-0.05, 0) is 41.5 Å². The molecule has 0 atom stereocenters. The lowest BCUT2D eigenvalue weighted by Gasteiger charge is -2.12. The minimum Gasteiger partial charge on any atom is -0.478 e. The number of nitrogens with zero attached hydrogens (tertiary/aromatic N) is 4. The predicted molar refractivity (Wildman–Crippen MR) is 130 cm³/mol. The van der Waals surface area contributed by atoms with E-state index in [0.29, 0.717) is 34.0 Å². The van der Waals surface area contributed by atoms with Crippen molar-refractivity contribution in [2.24, 2.45) is 0 Å². The van der Waals surface area contributed by atoms with Gasteiger partial charge in [-0.2, -0.15) is 4.98 Å².